The second-order valence-corrected chi connectivity index (χ2v) is 10.5. The third kappa shape index (κ3) is 5.77. The van der Waals surface area contributed by atoms with E-state index in [-0.39, 0.29) is 12.8 Å². The first-order chi connectivity index (χ1) is 15.6. The van der Waals surface area contributed by atoms with Crippen LogP contribution < -0.4 is 10.0 Å². The molecule has 2 aromatic rings. The number of sulfonamides is 1. The monoisotopic (exact) mass is 468 g/mol. The summed E-state index contributed by atoms with van der Waals surface area (Å²) in [5.41, 5.74) is 2.31. The molecule has 3 rings (SSSR count). The lowest BCUT2D eigenvalue weighted by molar-refractivity contribution is -0.140. The number of rotatable bonds is 9. The molecule has 0 aromatic heterocycles. The first kappa shape index (κ1) is 24.4. The van der Waals surface area contributed by atoms with E-state index in [4.69, 9.17) is 0 Å². The summed E-state index contributed by atoms with van der Waals surface area (Å²) in [7, 11) is -4.25. The van der Waals surface area contributed by atoms with Gasteiger partial charge in [-0.3, -0.25) is 9.59 Å². The van der Waals surface area contributed by atoms with Crippen molar-refractivity contribution in [3.05, 3.63) is 84.5 Å². The molecule has 0 heterocycles. The summed E-state index contributed by atoms with van der Waals surface area (Å²) in [5.74, 6) is -2.22. The Morgan fingerprint density at radius 1 is 1.03 bits per heavy atom. The summed E-state index contributed by atoms with van der Waals surface area (Å²) in [6, 6.07) is 16.9. The van der Waals surface area contributed by atoms with Gasteiger partial charge in [0.2, 0.25) is 15.9 Å². The van der Waals surface area contributed by atoms with Crippen LogP contribution in [0, 0.1) is 5.92 Å². The molecule has 2 atom stereocenters. The second-order valence-electron chi connectivity index (χ2n) is 8.40. The summed E-state index contributed by atoms with van der Waals surface area (Å²) >= 11 is 0. The van der Waals surface area contributed by atoms with Crippen LogP contribution in [0.4, 0.5) is 5.69 Å². The van der Waals surface area contributed by atoms with Crippen molar-refractivity contribution >= 4 is 33.2 Å². The Hall–Kier alpha value is -3.23. The number of allylic oxidation sites excluding steroid dienone is 3. The van der Waals surface area contributed by atoms with Gasteiger partial charge in [0.05, 0.1) is 6.42 Å². The summed E-state index contributed by atoms with van der Waals surface area (Å²) in [5, 5.41) is 12.2. The third-order valence-corrected chi connectivity index (χ3v) is 7.69. The van der Waals surface area contributed by atoms with Crippen LogP contribution in [0.1, 0.15) is 32.3 Å². The van der Waals surface area contributed by atoms with Gasteiger partial charge in [-0.25, -0.2) is 8.42 Å². The van der Waals surface area contributed by atoms with Crippen molar-refractivity contribution in [1.29, 1.82) is 0 Å². The molecule has 8 heteroatoms. The number of carboxylic acids is 1. The Morgan fingerprint density at radius 3 is 2.15 bits per heavy atom. The van der Waals surface area contributed by atoms with Crippen LogP contribution in [-0.2, 0) is 19.6 Å². The predicted octanol–water partition coefficient (Wildman–Crippen LogP) is 3.83. The normalized spacial score (nSPS) is 19.1. The van der Waals surface area contributed by atoms with Crippen molar-refractivity contribution in [3.63, 3.8) is 0 Å². The maximum absolute atomic E-state index is 13.5. The molecule has 33 heavy (non-hydrogen) atoms. The van der Waals surface area contributed by atoms with Gasteiger partial charge in [0.25, 0.3) is 0 Å². The van der Waals surface area contributed by atoms with Gasteiger partial charge in [0, 0.05) is 5.69 Å². The molecule has 1 aliphatic carbocycles. The molecule has 3 N–H and O–H groups in total. The van der Waals surface area contributed by atoms with E-state index < -0.39 is 38.6 Å². The number of para-hydroxylation sites is 1. The molecule has 0 bridgehead atoms. The summed E-state index contributed by atoms with van der Waals surface area (Å²) in [4.78, 5) is 24.5. The van der Waals surface area contributed by atoms with Gasteiger partial charge in [-0.1, -0.05) is 80.6 Å². The molecule has 2 aromatic carbocycles. The fourth-order valence-electron chi connectivity index (χ4n) is 3.69. The van der Waals surface area contributed by atoms with Gasteiger partial charge in [-0.05, 0) is 35.6 Å². The van der Waals surface area contributed by atoms with Gasteiger partial charge in [-0.15, -0.1) is 0 Å². The molecular weight excluding hydrogens is 440 g/mol. The van der Waals surface area contributed by atoms with Crippen molar-refractivity contribution in [3.8, 4) is 0 Å². The van der Waals surface area contributed by atoms with Gasteiger partial charge >= 0.3 is 5.97 Å². The average molecular weight is 469 g/mol. The van der Waals surface area contributed by atoms with Crippen LogP contribution in [0.3, 0.4) is 0 Å². The number of anilines is 1. The quantitative estimate of drug-likeness (QED) is 0.518. The topological polar surface area (TPSA) is 113 Å². The molecular formula is C25H28N2O5S. The van der Waals surface area contributed by atoms with Crippen LogP contribution in [-0.4, -0.2) is 36.2 Å². The van der Waals surface area contributed by atoms with Crippen molar-refractivity contribution < 1.29 is 23.1 Å². The summed E-state index contributed by atoms with van der Waals surface area (Å²) in [6.45, 7) is 3.25. The number of carbonyl (C=O) groups is 2. The van der Waals surface area contributed by atoms with Crippen LogP contribution >= 0.6 is 0 Å². The Morgan fingerprint density at radius 2 is 1.64 bits per heavy atom. The molecule has 0 fully saturated rings. The minimum absolute atomic E-state index is 0.0235. The van der Waals surface area contributed by atoms with Crippen molar-refractivity contribution in [2.24, 2.45) is 5.92 Å². The molecule has 0 aliphatic heterocycles. The lowest BCUT2D eigenvalue weighted by Crippen LogP contribution is -2.54. The van der Waals surface area contributed by atoms with E-state index in [0.717, 1.165) is 11.1 Å². The Labute approximate surface area is 194 Å². The maximum atomic E-state index is 13.5. The molecule has 0 saturated heterocycles. The molecule has 1 unspecified atom stereocenters. The Balaban J connectivity index is 1.93. The number of carboxylic acid groups (broad SMARTS) is 1. The van der Waals surface area contributed by atoms with E-state index >= 15 is 0 Å². The fraction of sp³-hybridized carbons (Fsp3) is 0.280. The van der Waals surface area contributed by atoms with Crippen LogP contribution in [0.15, 0.2) is 78.9 Å². The van der Waals surface area contributed by atoms with E-state index in [1.807, 2.05) is 36.4 Å². The minimum atomic E-state index is -4.25. The molecule has 0 radical (unpaired) electrons. The number of carbonyl (C=O) groups excluding carboxylic acids is 1. The Bertz CT molecular complexity index is 1160. The minimum Gasteiger partial charge on any atom is -0.480 e. The highest BCUT2D eigenvalue weighted by molar-refractivity contribution is 7.91. The lowest BCUT2D eigenvalue weighted by atomic mass is 9.90. The zero-order valence-electron chi connectivity index (χ0n) is 18.6. The van der Waals surface area contributed by atoms with Gasteiger partial charge in [0.1, 0.15) is 10.8 Å². The second kappa shape index (κ2) is 10.1. The van der Waals surface area contributed by atoms with Gasteiger partial charge in [-0.2, -0.15) is 4.72 Å². The van der Waals surface area contributed by atoms with Crippen molar-refractivity contribution in [2.75, 3.05) is 5.32 Å². The van der Waals surface area contributed by atoms with Crippen LogP contribution in [0.2, 0.25) is 0 Å². The van der Waals surface area contributed by atoms with E-state index in [0.29, 0.717) is 5.69 Å². The standard InChI is InChI=1S/C25H28N2O5S/c1-18(2)23(24(29)30)27-33(31,32)25(17-22(28)26-21-11-7-4-8-12-21)15-13-20(14-16-25)19-9-5-3-6-10-19/h3-15,18,23,27H,16-17H2,1-2H3,(H,26,28)(H,29,30)/t23-,25?/m1/s1. The van der Waals surface area contributed by atoms with Gasteiger partial charge in [0.15, 0.2) is 0 Å². The predicted molar refractivity (Wildman–Crippen MR) is 129 cm³/mol. The number of aliphatic carboxylic acids is 1. The van der Waals surface area contributed by atoms with E-state index in [2.05, 4.69) is 10.0 Å². The fourth-order valence-corrected chi connectivity index (χ4v) is 5.50. The molecule has 0 saturated carbocycles. The van der Waals surface area contributed by atoms with E-state index in [9.17, 15) is 23.1 Å². The molecule has 7 nitrogen and oxygen atoms in total. The zero-order valence-corrected chi connectivity index (χ0v) is 19.4. The Kier molecular flexibility index (Phi) is 7.50. The number of hydrogen-bond acceptors (Lipinski definition) is 4. The number of hydrogen-bond donors (Lipinski definition) is 3. The largest absolute Gasteiger partial charge is 0.480 e. The average Bonchev–Trinajstić information content (AvgIpc) is 2.78. The van der Waals surface area contributed by atoms with Crippen LogP contribution in [0.25, 0.3) is 5.57 Å². The molecule has 1 amide bonds. The lowest BCUT2D eigenvalue weighted by Gasteiger charge is -2.33. The van der Waals surface area contributed by atoms with E-state index in [1.54, 1.807) is 50.3 Å². The molecule has 174 valence electrons. The molecule has 0 spiro atoms. The highest BCUT2D eigenvalue weighted by Gasteiger charge is 2.46. The van der Waals surface area contributed by atoms with Crippen LogP contribution in [0.5, 0.6) is 0 Å². The first-order valence-electron chi connectivity index (χ1n) is 10.7. The highest BCUT2D eigenvalue weighted by atomic mass is 32.2. The maximum Gasteiger partial charge on any atom is 0.321 e. The smallest absolute Gasteiger partial charge is 0.321 e. The molecule has 1 aliphatic rings. The third-order valence-electron chi connectivity index (χ3n) is 5.61. The van der Waals surface area contributed by atoms with Crippen molar-refractivity contribution in [2.45, 2.75) is 37.5 Å². The zero-order chi connectivity index (χ0) is 24.1. The summed E-state index contributed by atoms with van der Waals surface area (Å²) < 4.78 is 27.8. The van der Waals surface area contributed by atoms with Crippen molar-refractivity contribution in [1.82, 2.24) is 4.72 Å². The first-order valence-corrected chi connectivity index (χ1v) is 12.2. The van der Waals surface area contributed by atoms with Gasteiger partial charge < -0.3 is 10.4 Å². The number of amides is 1. The SMILES string of the molecule is CC(C)[C@@H](NS(=O)(=O)C1(CC(=O)Nc2ccccc2)C=CC(c2ccccc2)=CC1)C(=O)O. The van der Waals surface area contributed by atoms with E-state index in [1.165, 1.54) is 6.08 Å². The number of nitrogens with one attached hydrogen (secondary N) is 2. The highest BCUT2D eigenvalue weighted by Crippen LogP contribution is 2.35. The number of benzene rings is 2. The summed E-state index contributed by atoms with van der Waals surface area (Å²) in [6.07, 6.45) is 4.61.